The largest absolute Gasteiger partial charge is 0.490 e. The third kappa shape index (κ3) is 10.1. The van der Waals surface area contributed by atoms with Crippen LogP contribution < -0.4 is 9.47 Å². The smallest absolute Gasteiger partial charge is 0.134 e. The first-order valence-electron chi connectivity index (χ1n) is 7.61. The Balaban J connectivity index is 2.32. The van der Waals surface area contributed by atoms with Gasteiger partial charge in [0, 0.05) is 22.9 Å². The molecule has 0 atom stereocenters. The Bertz CT molecular complexity index is 595. The molecule has 0 aliphatic heterocycles. The fourth-order valence-corrected chi connectivity index (χ4v) is 2.85. The first-order chi connectivity index (χ1) is 12.7. The van der Waals surface area contributed by atoms with E-state index in [9.17, 15) is 0 Å². The van der Waals surface area contributed by atoms with E-state index in [0.717, 1.165) is 18.6 Å². The summed E-state index contributed by atoms with van der Waals surface area (Å²) in [7, 11) is 0. The van der Waals surface area contributed by atoms with E-state index in [-0.39, 0.29) is 0 Å². The van der Waals surface area contributed by atoms with Gasteiger partial charge in [-0.05, 0) is 68.4 Å². The minimum atomic E-state index is 0.313. The van der Waals surface area contributed by atoms with Gasteiger partial charge in [0.1, 0.15) is 24.7 Å². The highest BCUT2D eigenvalue weighted by molar-refractivity contribution is 14.1. The molecule has 0 heterocycles. The van der Waals surface area contributed by atoms with Crippen molar-refractivity contribution in [2.75, 3.05) is 52.7 Å². The molecule has 0 aliphatic rings. The van der Waals surface area contributed by atoms with Gasteiger partial charge >= 0.3 is 0 Å². The zero-order valence-corrected chi connectivity index (χ0v) is 18.2. The molecule has 0 spiro atoms. The Morgan fingerprint density at radius 3 is 1.54 bits per heavy atom. The normalized spacial score (nSPS) is 9.92. The standard InChI is InChI=1S/C14H18I2N6O4/c15-11-10-14(26-8-6-24-4-2-20-22-18)12(16)9-13(11)25-7-5-23-3-1-19-21-17/h9-10H,1-8H2. The molecule has 12 heteroatoms. The second kappa shape index (κ2) is 14.9. The Kier molecular flexibility index (Phi) is 13.1. The molecule has 142 valence electrons. The SMILES string of the molecule is [N-]=[N+]=NCCOCCOc1cc(I)c(OCCOCCN=[N+]=[N-])cc1I. The second-order valence-electron chi connectivity index (χ2n) is 4.54. The van der Waals surface area contributed by atoms with Crippen molar-refractivity contribution in [3.63, 3.8) is 0 Å². The molecule has 10 nitrogen and oxygen atoms in total. The number of hydrogen-bond acceptors (Lipinski definition) is 6. The predicted molar refractivity (Wildman–Crippen MR) is 113 cm³/mol. The van der Waals surface area contributed by atoms with E-state index in [0.29, 0.717) is 52.7 Å². The van der Waals surface area contributed by atoms with Crippen molar-refractivity contribution in [3.8, 4) is 11.5 Å². The van der Waals surface area contributed by atoms with Crippen molar-refractivity contribution in [3.05, 3.63) is 40.2 Å². The summed E-state index contributed by atoms with van der Waals surface area (Å²) in [5.41, 5.74) is 16.3. The lowest BCUT2D eigenvalue weighted by atomic mass is 10.3. The maximum Gasteiger partial charge on any atom is 0.134 e. The third-order valence-corrected chi connectivity index (χ3v) is 4.44. The van der Waals surface area contributed by atoms with Gasteiger partial charge < -0.3 is 18.9 Å². The van der Waals surface area contributed by atoms with Crippen LogP contribution >= 0.6 is 45.2 Å². The van der Waals surface area contributed by atoms with Gasteiger partial charge in [-0.25, -0.2) is 0 Å². The van der Waals surface area contributed by atoms with Crippen LogP contribution in [0.2, 0.25) is 0 Å². The van der Waals surface area contributed by atoms with Crippen molar-refractivity contribution in [2.24, 2.45) is 10.2 Å². The van der Waals surface area contributed by atoms with Crippen molar-refractivity contribution < 1.29 is 18.9 Å². The molecule has 0 N–H and O–H groups in total. The summed E-state index contributed by atoms with van der Waals surface area (Å²) in [5, 5.41) is 6.77. The molecule has 0 aliphatic carbocycles. The third-order valence-electron chi connectivity index (χ3n) is 2.75. The molecule has 0 saturated carbocycles. The summed E-state index contributed by atoms with van der Waals surface area (Å²) >= 11 is 4.37. The van der Waals surface area contributed by atoms with Crippen molar-refractivity contribution in [2.45, 2.75) is 0 Å². The predicted octanol–water partition coefficient (Wildman–Crippen LogP) is 4.31. The van der Waals surface area contributed by atoms with E-state index in [2.05, 4.69) is 65.2 Å². The molecule has 0 bridgehead atoms. The Hall–Kier alpha value is -1.18. The van der Waals surface area contributed by atoms with Crippen LogP contribution in [-0.2, 0) is 9.47 Å². The molecule has 0 amide bonds. The zero-order chi connectivity index (χ0) is 19.0. The number of nitrogens with zero attached hydrogens (tertiary/aromatic N) is 6. The lowest BCUT2D eigenvalue weighted by molar-refractivity contribution is 0.104. The second-order valence-corrected chi connectivity index (χ2v) is 6.87. The summed E-state index contributed by atoms with van der Waals surface area (Å²) in [6.45, 7) is 3.02. The number of ether oxygens (including phenoxy) is 4. The maximum atomic E-state index is 8.15. The maximum absolute atomic E-state index is 8.15. The fraction of sp³-hybridized carbons (Fsp3) is 0.571. The molecule has 0 unspecified atom stereocenters. The van der Waals surface area contributed by atoms with Gasteiger partial charge in [-0.3, -0.25) is 0 Å². The van der Waals surface area contributed by atoms with Crippen LogP contribution in [0.15, 0.2) is 22.4 Å². The van der Waals surface area contributed by atoms with Crippen molar-refractivity contribution in [1.29, 1.82) is 0 Å². The van der Waals surface area contributed by atoms with Gasteiger partial charge in [-0.2, -0.15) is 0 Å². The van der Waals surface area contributed by atoms with Crippen LogP contribution in [0.5, 0.6) is 11.5 Å². The van der Waals surface area contributed by atoms with E-state index in [1.54, 1.807) is 0 Å². The first kappa shape index (κ1) is 22.9. The topological polar surface area (TPSA) is 134 Å². The summed E-state index contributed by atoms with van der Waals surface area (Å²) < 4.78 is 23.8. The molecule has 0 radical (unpaired) electrons. The molecule has 1 aromatic rings. The number of halogens is 2. The van der Waals surface area contributed by atoms with Crippen LogP contribution in [0.25, 0.3) is 20.9 Å². The monoisotopic (exact) mass is 588 g/mol. The van der Waals surface area contributed by atoms with Crippen LogP contribution in [0.1, 0.15) is 0 Å². The molecule has 1 aromatic carbocycles. The molecular formula is C14H18I2N6O4. The lowest BCUT2D eigenvalue weighted by Crippen LogP contribution is -2.11. The molecule has 1 rings (SSSR count). The van der Waals surface area contributed by atoms with E-state index in [1.807, 2.05) is 12.1 Å². The first-order valence-corrected chi connectivity index (χ1v) is 9.76. The molecule has 0 fully saturated rings. The minimum absolute atomic E-state index is 0.313. The zero-order valence-electron chi connectivity index (χ0n) is 13.9. The van der Waals surface area contributed by atoms with Gasteiger partial charge in [-0.1, -0.05) is 10.2 Å². The van der Waals surface area contributed by atoms with Crippen molar-refractivity contribution >= 4 is 45.2 Å². The van der Waals surface area contributed by atoms with Crippen molar-refractivity contribution in [1.82, 2.24) is 0 Å². The molecule has 0 aromatic heterocycles. The summed E-state index contributed by atoms with van der Waals surface area (Å²) in [6.07, 6.45) is 0. The van der Waals surface area contributed by atoms with Gasteiger partial charge in [0.15, 0.2) is 0 Å². The minimum Gasteiger partial charge on any atom is -0.490 e. The average Bonchev–Trinajstić information content (AvgIpc) is 2.63. The average molecular weight is 588 g/mol. The van der Waals surface area contributed by atoms with E-state index in [4.69, 9.17) is 30.0 Å². The number of azide groups is 2. The summed E-state index contributed by atoms with van der Waals surface area (Å²) in [6, 6.07) is 3.81. The van der Waals surface area contributed by atoms with Gasteiger partial charge in [0.2, 0.25) is 0 Å². The van der Waals surface area contributed by atoms with E-state index in [1.165, 1.54) is 0 Å². The van der Waals surface area contributed by atoms with Gasteiger partial charge in [-0.15, -0.1) is 0 Å². The molecule has 0 saturated heterocycles. The number of rotatable bonds is 14. The van der Waals surface area contributed by atoms with E-state index >= 15 is 0 Å². The Morgan fingerprint density at radius 1 is 0.731 bits per heavy atom. The number of benzene rings is 1. The fourth-order valence-electron chi connectivity index (χ4n) is 1.66. The highest BCUT2D eigenvalue weighted by atomic mass is 127. The Labute approximate surface area is 178 Å². The van der Waals surface area contributed by atoms with E-state index < -0.39 is 0 Å². The highest BCUT2D eigenvalue weighted by Gasteiger charge is 2.09. The summed E-state index contributed by atoms with van der Waals surface area (Å²) in [4.78, 5) is 5.30. The summed E-state index contributed by atoms with van der Waals surface area (Å²) in [5.74, 6) is 1.51. The lowest BCUT2D eigenvalue weighted by Gasteiger charge is -2.13. The van der Waals surface area contributed by atoms with Gasteiger partial charge in [0.05, 0.1) is 33.6 Å². The molecular weight excluding hydrogens is 570 g/mol. The van der Waals surface area contributed by atoms with Crippen LogP contribution in [-0.4, -0.2) is 52.7 Å². The number of hydrogen-bond donors (Lipinski definition) is 0. The Morgan fingerprint density at radius 2 is 1.15 bits per heavy atom. The van der Waals surface area contributed by atoms with Crippen LogP contribution in [0, 0.1) is 7.14 Å². The quantitative estimate of drug-likeness (QED) is 0.105. The van der Waals surface area contributed by atoms with Crippen LogP contribution in [0.3, 0.4) is 0 Å². The highest BCUT2D eigenvalue weighted by Crippen LogP contribution is 2.31. The van der Waals surface area contributed by atoms with Crippen LogP contribution in [0.4, 0.5) is 0 Å². The van der Waals surface area contributed by atoms with Gasteiger partial charge in [0.25, 0.3) is 0 Å². The molecule has 26 heavy (non-hydrogen) atoms.